The zero-order valence-corrected chi connectivity index (χ0v) is 10.7. The Kier molecular flexibility index (Phi) is 6.36. The molecule has 0 saturated carbocycles. The highest BCUT2D eigenvalue weighted by Gasteiger charge is 2.01. The average molecular weight is 253 g/mol. The highest BCUT2D eigenvalue weighted by molar-refractivity contribution is 5.66. The molecule has 0 amide bonds. The van der Waals surface area contributed by atoms with Gasteiger partial charge in [0.05, 0.1) is 0 Å². The first-order chi connectivity index (χ1) is 8.58. The normalized spacial score (nSPS) is 10.8. The number of benzene rings is 1. The van der Waals surface area contributed by atoms with Gasteiger partial charge in [0.25, 0.3) is 0 Å². The lowest BCUT2D eigenvalue weighted by atomic mass is 10.1. The SMILES string of the molecule is CN(CCCCCC(=O)O)Cc1ccc(F)cc1. The number of nitrogens with zero attached hydrogens (tertiary/aromatic N) is 1. The van der Waals surface area contributed by atoms with Crippen molar-refractivity contribution in [3.63, 3.8) is 0 Å². The monoisotopic (exact) mass is 253 g/mol. The van der Waals surface area contributed by atoms with E-state index in [4.69, 9.17) is 5.11 Å². The summed E-state index contributed by atoms with van der Waals surface area (Å²) >= 11 is 0. The largest absolute Gasteiger partial charge is 0.481 e. The summed E-state index contributed by atoms with van der Waals surface area (Å²) in [6, 6.07) is 6.51. The third-order valence-corrected chi connectivity index (χ3v) is 2.80. The highest BCUT2D eigenvalue weighted by atomic mass is 19.1. The second-order valence-electron chi connectivity index (χ2n) is 4.57. The van der Waals surface area contributed by atoms with Crippen LogP contribution in [0.15, 0.2) is 24.3 Å². The molecule has 0 fully saturated rings. The number of carbonyl (C=O) groups is 1. The molecule has 18 heavy (non-hydrogen) atoms. The summed E-state index contributed by atoms with van der Waals surface area (Å²) in [6.45, 7) is 1.72. The van der Waals surface area contributed by atoms with Crippen LogP contribution in [0.3, 0.4) is 0 Å². The fourth-order valence-corrected chi connectivity index (χ4v) is 1.82. The maximum Gasteiger partial charge on any atom is 0.303 e. The van der Waals surface area contributed by atoms with Crippen LogP contribution in [-0.4, -0.2) is 29.6 Å². The molecule has 0 radical (unpaired) electrons. The third kappa shape index (κ3) is 6.35. The van der Waals surface area contributed by atoms with Crippen molar-refractivity contribution in [3.8, 4) is 0 Å². The van der Waals surface area contributed by atoms with Gasteiger partial charge in [-0.2, -0.15) is 0 Å². The number of hydrogen-bond acceptors (Lipinski definition) is 2. The van der Waals surface area contributed by atoms with Crippen molar-refractivity contribution in [3.05, 3.63) is 35.6 Å². The summed E-state index contributed by atoms with van der Waals surface area (Å²) in [7, 11) is 2.01. The Morgan fingerprint density at radius 3 is 2.50 bits per heavy atom. The Hall–Kier alpha value is -1.42. The quantitative estimate of drug-likeness (QED) is 0.724. The van der Waals surface area contributed by atoms with Crippen molar-refractivity contribution in [1.82, 2.24) is 4.90 Å². The second kappa shape index (κ2) is 7.82. The van der Waals surface area contributed by atoms with Gasteiger partial charge < -0.3 is 10.0 Å². The lowest BCUT2D eigenvalue weighted by Gasteiger charge is -2.16. The molecular formula is C14H20FNO2. The molecular weight excluding hydrogens is 233 g/mol. The molecule has 0 bridgehead atoms. The fraction of sp³-hybridized carbons (Fsp3) is 0.500. The predicted molar refractivity (Wildman–Crippen MR) is 68.8 cm³/mol. The first-order valence-corrected chi connectivity index (χ1v) is 6.22. The zero-order valence-electron chi connectivity index (χ0n) is 10.7. The number of carboxylic acid groups (broad SMARTS) is 1. The highest BCUT2D eigenvalue weighted by Crippen LogP contribution is 2.07. The van der Waals surface area contributed by atoms with Crippen molar-refractivity contribution >= 4 is 5.97 Å². The minimum atomic E-state index is -0.727. The van der Waals surface area contributed by atoms with Crippen LogP contribution in [0.4, 0.5) is 4.39 Å². The Balaban J connectivity index is 2.15. The molecule has 1 aromatic carbocycles. The maximum absolute atomic E-state index is 12.7. The van der Waals surface area contributed by atoms with E-state index in [-0.39, 0.29) is 12.2 Å². The van der Waals surface area contributed by atoms with E-state index in [2.05, 4.69) is 4.90 Å². The minimum absolute atomic E-state index is 0.213. The van der Waals surface area contributed by atoms with Gasteiger partial charge in [0.15, 0.2) is 0 Å². The first kappa shape index (κ1) is 14.6. The molecule has 0 atom stereocenters. The smallest absolute Gasteiger partial charge is 0.303 e. The van der Waals surface area contributed by atoms with E-state index in [9.17, 15) is 9.18 Å². The molecule has 3 nitrogen and oxygen atoms in total. The summed E-state index contributed by atoms with van der Waals surface area (Å²) in [6.07, 6.45) is 2.91. The van der Waals surface area contributed by atoms with Gasteiger partial charge >= 0.3 is 5.97 Å². The van der Waals surface area contributed by atoms with Crippen LogP contribution in [0.2, 0.25) is 0 Å². The molecule has 0 unspecified atom stereocenters. The molecule has 0 aliphatic carbocycles. The van der Waals surface area contributed by atoms with Gasteiger partial charge in [-0.25, -0.2) is 4.39 Å². The lowest BCUT2D eigenvalue weighted by molar-refractivity contribution is -0.137. The molecule has 1 rings (SSSR count). The van der Waals surface area contributed by atoms with Crippen LogP contribution in [0.5, 0.6) is 0 Å². The van der Waals surface area contributed by atoms with E-state index < -0.39 is 5.97 Å². The lowest BCUT2D eigenvalue weighted by Crippen LogP contribution is -2.19. The van der Waals surface area contributed by atoms with E-state index in [1.165, 1.54) is 12.1 Å². The number of aliphatic carboxylic acids is 1. The van der Waals surface area contributed by atoms with Crippen molar-refractivity contribution in [2.45, 2.75) is 32.2 Å². The van der Waals surface area contributed by atoms with E-state index in [1.807, 2.05) is 7.05 Å². The summed E-state index contributed by atoms with van der Waals surface area (Å²) in [4.78, 5) is 12.5. The van der Waals surface area contributed by atoms with E-state index in [0.29, 0.717) is 0 Å². The summed E-state index contributed by atoms with van der Waals surface area (Å²) in [5, 5.41) is 8.50. The van der Waals surface area contributed by atoms with Gasteiger partial charge in [-0.3, -0.25) is 4.79 Å². The summed E-state index contributed by atoms with van der Waals surface area (Å²) in [5.74, 6) is -0.940. The van der Waals surface area contributed by atoms with Crippen LogP contribution in [0.25, 0.3) is 0 Å². The number of halogens is 1. The van der Waals surface area contributed by atoms with Gasteiger partial charge in [-0.1, -0.05) is 18.6 Å². The van der Waals surface area contributed by atoms with Crippen molar-refractivity contribution in [1.29, 1.82) is 0 Å². The second-order valence-corrected chi connectivity index (χ2v) is 4.57. The van der Waals surface area contributed by atoms with Gasteiger partial charge in [-0.05, 0) is 44.1 Å². The predicted octanol–water partition coefficient (Wildman–Crippen LogP) is 2.90. The maximum atomic E-state index is 12.7. The topological polar surface area (TPSA) is 40.5 Å². The standard InChI is InChI=1S/C14H20FNO2/c1-16(10-4-2-3-5-14(17)18)11-12-6-8-13(15)9-7-12/h6-9H,2-5,10-11H2,1H3,(H,17,18). The molecule has 1 aromatic rings. The molecule has 0 aromatic heterocycles. The van der Waals surface area contributed by atoms with Crippen LogP contribution >= 0.6 is 0 Å². The van der Waals surface area contributed by atoms with E-state index in [1.54, 1.807) is 12.1 Å². The average Bonchev–Trinajstić information content (AvgIpc) is 2.31. The molecule has 1 N–H and O–H groups in total. The Bertz CT molecular complexity index is 365. The van der Waals surface area contributed by atoms with Gasteiger partial charge in [0.1, 0.15) is 5.82 Å². The summed E-state index contributed by atoms with van der Waals surface area (Å²) in [5.41, 5.74) is 1.09. The zero-order chi connectivity index (χ0) is 13.4. The van der Waals surface area contributed by atoms with Crippen molar-refractivity contribution in [2.75, 3.05) is 13.6 Å². The van der Waals surface area contributed by atoms with Gasteiger partial charge in [0, 0.05) is 13.0 Å². The Morgan fingerprint density at radius 1 is 1.22 bits per heavy atom. The number of carboxylic acids is 1. The van der Waals surface area contributed by atoms with Gasteiger partial charge in [0.2, 0.25) is 0 Å². The van der Waals surface area contributed by atoms with E-state index >= 15 is 0 Å². The number of hydrogen-bond donors (Lipinski definition) is 1. The van der Waals surface area contributed by atoms with Crippen molar-refractivity contribution < 1.29 is 14.3 Å². The van der Waals surface area contributed by atoms with E-state index in [0.717, 1.165) is 37.9 Å². The van der Waals surface area contributed by atoms with Crippen LogP contribution < -0.4 is 0 Å². The number of rotatable bonds is 8. The third-order valence-electron chi connectivity index (χ3n) is 2.80. The van der Waals surface area contributed by atoms with Crippen LogP contribution in [-0.2, 0) is 11.3 Å². The molecule has 0 aliphatic heterocycles. The van der Waals surface area contributed by atoms with Crippen LogP contribution in [0.1, 0.15) is 31.2 Å². The molecule has 0 aliphatic rings. The number of unbranched alkanes of at least 4 members (excludes halogenated alkanes) is 2. The van der Waals surface area contributed by atoms with Crippen LogP contribution in [0, 0.1) is 5.82 Å². The fourth-order valence-electron chi connectivity index (χ4n) is 1.82. The minimum Gasteiger partial charge on any atom is -0.481 e. The molecule has 0 heterocycles. The summed E-state index contributed by atoms with van der Waals surface area (Å²) < 4.78 is 12.7. The molecule has 0 saturated heterocycles. The Labute approximate surface area is 107 Å². The molecule has 100 valence electrons. The Morgan fingerprint density at radius 2 is 1.89 bits per heavy atom. The molecule has 0 spiro atoms. The van der Waals surface area contributed by atoms with Gasteiger partial charge in [-0.15, -0.1) is 0 Å². The van der Waals surface area contributed by atoms with Crippen molar-refractivity contribution in [2.24, 2.45) is 0 Å². The molecule has 4 heteroatoms. The first-order valence-electron chi connectivity index (χ1n) is 6.22.